The molecule has 0 aliphatic rings. The molecule has 0 bridgehead atoms. The van der Waals surface area contributed by atoms with Crippen LogP contribution in [0.5, 0.6) is 0 Å². The summed E-state index contributed by atoms with van der Waals surface area (Å²) in [6.45, 7) is 13.7. The largest absolute Gasteiger partial charge is 0.501 e. The first kappa shape index (κ1) is 39.9. The van der Waals surface area contributed by atoms with Gasteiger partial charge in [0.15, 0.2) is 0 Å². The number of para-hydroxylation sites is 3. The predicted octanol–water partition coefficient (Wildman–Crippen LogP) is 13.6. The molecule has 1 radical (unpaired) electrons. The maximum atomic E-state index is 6.44. The first-order valence-corrected chi connectivity index (χ1v) is 23.4. The molecule has 0 fully saturated rings. The van der Waals surface area contributed by atoms with E-state index < -0.39 is 8.07 Å². The number of hydrogen-bond donors (Lipinski definition) is 0. The number of hydrogen-bond acceptors (Lipinski definition) is 3. The summed E-state index contributed by atoms with van der Waals surface area (Å²) in [5.74, 6) is 0.810. The van der Waals surface area contributed by atoms with Crippen LogP contribution in [0.1, 0.15) is 26.3 Å². The number of furan rings is 1. The summed E-state index contributed by atoms with van der Waals surface area (Å²) < 4.78 is 8.73. The maximum absolute atomic E-state index is 6.44. The van der Waals surface area contributed by atoms with Crippen LogP contribution in [0.4, 0.5) is 0 Å². The van der Waals surface area contributed by atoms with E-state index in [1.807, 2.05) is 36.5 Å². The van der Waals surface area contributed by atoms with E-state index >= 15 is 0 Å². The zero-order chi connectivity index (χ0) is 40.0. The minimum absolute atomic E-state index is 0. The van der Waals surface area contributed by atoms with Crippen LogP contribution >= 0.6 is 0 Å². The fraction of sp³-hybridized carbons (Fsp3) is 0.132. The van der Waals surface area contributed by atoms with E-state index in [2.05, 4.69) is 189 Å². The molecule has 0 N–H and O–H groups in total. The minimum Gasteiger partial charge on any atom is -0.501 e. The van der Waals surface area contributed by atoms with Crippen LogP contribution in [0, 0.1) is 12.1 Å². The van der Waals surface area contributed by atoms with Crippen LogP contribution in [-0.4, -0.2) is 22.6 Å². The second-order valence-corrected chi connectivity index (χ2v) is 22.0. The fourth-order valence-corrected chi connectivity index (χ4v) is 8.71. The zero-order valence-corrected chi connectivity index (χ0v) is 37.6. The summed E-state index contributed by atoms with van der Waals surface area (Å²) in [5, 5.41) is 5.89. The molecule has 4 nitrogen and oxygen atoms in total. The maximum Gasteiger partial charge on any atom is 0.120 e. The molecule has 0 atom stereocenters. The van der Waals surface area contributed by atoms with Crippen molar-refractivity contribution in [3.05, 3.63) is 182 Å². The minimum atomic E-state index is -1.26. The normalized spacial score (nSPS) is 11.8. The summed E-state index contributed by atoms with van der Waals surface area (Å²) in [7, 11) is -1.26. The first-order valence-electron chi connectivity index (χ1n) is 19.9. The predicted molar refractivity (Wildman–Crippen MR) is 246 cm³/mol. The van der Waals surface area contributed by atoms with Crippen molar-refractivity contribution < 1.29 is 24.5 Å². The van der Waals surface area contributed by atoms with Gasteiger partial charge in [0.05, 0.1) is 36.2 Å². The third-order valence-corrected chi connectivity index (χ3v) is 12.9. The number of fused-ring (bicyclic) bond motifs is 5. The van der Waals surface area contributed by atoms with Gasteiger partial charge < -0.3 is 14.0 Å². The van der Waals surface area contributed by atoms with Crippen molar-refractivity contribution in [3.8, 4) is 39.5 Å². The van der Waals surface area contributed by atoms with E-state index in [0.29, 0.717) is 0 Å². The Hall–Kier alpha value is -5.91. The molecule has 0 aliphatic heterocycles. The number of benzene rings is 7. The van der Waals surface area contributed by atoms with Gasteiger partial charge in [0.1, 0.15) is 5.58 Å². The summed E-state index contributed by atoms with van der Waals surface area (Å²) in [5.41, 5.74) is 11.4. The molecule has 3 heterocycles. The number of imidazole rings is 1. The van der Waals surface area contributed by atoms with Crippen molar-refractivity contribution in [2.75, 3.05) is 0 Å². The van der Waals surface area contributed by atoms with Gasteiger partial charge in [-0.1, -0.05) is 161 Å². The Bertz CT molecular complexity index is 3010. The van der Waals surface area contributed by atoms with Crippen molar-refractivity contribution in [3.63, 3.8) is 0 Å². The molecule has 10 rings (SSSR count). The van der Waals surface area contributed by atoms with Gasteiger partial charge in [-0.2, -0.15) is 0 Å². The molecule has 0 aliphatic carbocycles. The zero-order valence-electron chi connectivity index (χ0n) is 34.2. The molecule has 0 saturated heterocycles. The van der Waals surface area contributed by atoms with Crippen LogP contribution in [-0.2, 0) is 25.5 Å². The Morgan fingerprint density at radius 2 is 1.39 bits per heavy atom. The van der Waals surface area contributed by atoms with E-state index in [-0.39, 0.29) is 25.5 Å². The van der Waals surface area contributed by atoms with Crippen LogP contribution in [0.3, 0.4) is 0 Å². The van der Waals surface area contributed by atoms with Crippen molar-refractivity contribution in [1.82, 2.24) is 14.5 Å². The average Bonchev–Trinajstić information content (AvgIpc) is 3.82. The average molecular weight is 960 g/mol. The molecular weight excluding hydrogens is 915 g/mol. The van der Waals surface area contributed by atoms with Gasteiger partial charge in [-0.3, -0.25) is 4.98 Å². The second kappa shape index (κ2) is 16.0. The van der Waals surface area contributed by atoms with Crippen LogP contribution in [0.15, 0.2) is 168 Å². The number of nitrogens with zero attached hydrogens (tertiary/aromatic N) is 3. The third kappa shape index (κ3) is 7.72. The Morgan fingerprint density at radius 1 is 0.661 bits per heavy atom. The second-order valence-electron chi connectivity index (χ2n) is 16.9. The van der Waals surface area contributed by atoms with Crippen molar-refractivity contribution in [1.29, 1.82) is 0 Å². The number of aromatic nitrogens is 3. The van der Waals surface area contributed by atoms with Crippen LogP contribution in [0.2, 0.25) is 19.6 Å². The molecule has 0 amide bonds. The molecule has 59 heavy (non-hydrogen) atoms. The molecule has 6 heteroatoms. The van der Waals surface area contributed by atoms with E-state index in [1.165, 1.54) is 16.1 Å². The van der Waals surface area contributed by atoms with Gasteiger partial charge in [0.2, 0.25) is 0 Å². The Morgan fingerprint density at radius 3 is 2.12 bits per heavy atom. The Labute approximate surface area is 361 Å². The third-order valence-electron chi connectivity index (χ3n) is 10.9. The van der Waals surface area contributed by atoms with Gasteiger partial charge in [-0.15, -0.1) is 53.6 Å². The monoisotopic (exact) mass is 960 g/mol. The van der Waals surface area contributed by atoms with Crippen LogP contribution in [0.25, 0.3) is 83.2 Å². The molecule has 0 unspecified atom stereocenters. The topological polar surface area (TPSA) is 43.9 Å². The molecule has 0 spiro atoms. The standard InChI is InChI=1S/C35H21N2O.C18H24NSi.Ir/c1-2-11-23(12-3-1)26-22-21-24-13-4-5-14-25(24)33(26)37-31-19-8-7-18-30(31)36-35(37)29-17-10-16-28-27-15-6-9-20-32(27)38-34(28)29;1-18(2,3)15-9-7-14(8-10-15)17-12-11-16(13-19-17)20(4,5)6;/h1-16,18-22H;7,9-13H,1-6H3;/q2*-1;. The smallest absolute Gasteiger partial charge is 0.120 e. The Kier molecular flexibility index (Phi) is 10.8. The fourth-order valence-electron chi connectivity index (χ4n) is 7.67. The molecular formula is C53H45IrN3OSi-2. The van der Waals surface area contributed by atoms with Crippen molar-refractivity contribution >= 4 is 57.0 Å². The molecule has 7 aromatic carbocycles. The van der Waals surface area contributed by atoms with Gasteiger partial charge in [0.25, 0.3) is 0 Å². The van der Waals surface area contributed by atoms with Gasteiger partial charge in [-0.05, 0) is 45.4 Å². The van der Waals surface area contributed by atoms with Gasteiger partial charge in [0, 0.05) is 42.6 Å². The SMILES string of the molecule is CC(C)(C)c1c[c-]c(-c2ccc([Si](C)(C)C)cn2)cc1.[Ir].[c-]1ccc2c(oc3ccccc32)c1-c1nc2ccccc2n1-c1c(-c2ccccc2)ccc2ccccc12. The Balaban J connectivity index is 0.000000197. The van der Waals surface area contributed by atoms with Crippen molar-refractivity contribution in [2.45, 2.75) is 45.8 Å². The molecule has 3 aromatic heterocycles. The quantitative estimate of drug-likeness (QED) is 0.128. The van der Waals surface area contributed by atoms with E-state index in [1.54, 1.807) is 0 Å². The van der Waals surface area contributed by atoms with Crippen molar-refractivity contribution in [2.24, 2.45) is 0 Å². The van der Waals surface area contributed by atoms with E-state index in [0.717, 1.165) is 77.8 Å². The molecule has 0 saturated carbocycles. The summed E-state index contributed by atoms with van der Waals surface area (Å²) >= 11 is 0. The first-order chi connectivity index (χ1) is 28.0. The molecule has 10 aromatic rings. The van der Waals surface area contributed by atoms with Crippen LogP contribution < -0.4 is 5.19 Å². The van der Waals surface area contributed by atoms with Gasteiger partial charge in [-0.25, -0.2) is 0 Å². The summed E-state index contributed by atoms with van der Waals surface area (Å²) in [6.07, 6.45) is 2.03. The van der Waals surface area contributed by atoms with Gasteiger partial charge >= 0.3 is 0 Å². The van der Waals surface area contributed by atoms with E-state index in [4.69, 9.17) is 9.40 Å². The van der Waals surface area contributed by atoms with E-state index in [9.17, 15) is 0 Å². The summed E-state index contributed by atoms with van der Waals surface area (Å²) in [4.78, 5) is 9.80. The number of pyridine rings is 1. The molecule has 293 valence electrons. The number of rotatable bonds is 5. The summed E-state index contributed by atoms with van der Waals surface area (Å²) in [6, 6.07) is 61.7.